The molecule has 2 aromatic carbocycles. The number of anilines is 1. The van der Waals surface area contributed by atoms with Gasteiger partial charge in [0, 0.05) is 14.1 Å². The zero-order chi connectivity index (χ0) is 25.3. The molecule has 1 unspecified atom stereocenters. The Hall–Kier alpha value is -4.31. The summed E-state index contributed by atoms with van der Waals surface area (Å²) < 4.78 is 10.9. The highest BCUT2D eigenvalue weighted by Crippen LogP contribution is 2.46. The van der Waals surface area contributed by atoms with E-state index in [0.29, 0.717) is 44.1 Å². The van der Waals surface area contributed by atoms with Crippen LogP contribution in [-0.4, -0.2) is 24.8 Å². The summed E-state index contributed by atoms with van der Waals surface area (Å²) in [5.74, 6) is -0.513. The number of furan rings is 1. The monoisotopic (exact) mass is 546 g/mol. The summed E-state index contributed by atoms with van der Waals surface area (Å²) in [4.78, 5) is 38.6. The number of rotatable bonds is 3. The van der Waals surface area contributed by atoms with Crippen LogP contribution in [0.1, 0.15) is 27.9 Å². The molecule has 0 bridgehead atoms. The zero-order valence-electron chi connectivity index (χ0n) is 19.2. The van der Waals surface area contributed by atoms with Crippen molar-refractivity contribution in [1.29, 1.82) is 0 Å². The Bertz CT molecular complexity index is 1830. The number of hydrogen-bond donors (Lipinski definition) is 2. The maximum absolute atomic E-state index is 13.6. The topological polar surface area (TPSA) is 111 Å². The van der Waals surface area contributed by atoms with Crippen molar-refractivity contribution in [3.8, 4) is 16.9 Å². The van der Waals surface area contributed by atoms with Gasteiger partial charge in [-0.1, -0.05) is 30.3 Å². The van der Waals surface area contributed by atoms with Gasteiger partial charge in [-0.25, -0.2) is 9.59 Å². The lowest BCUT2D eigenvalue weighted by Crippen LogP contribution is -2.37. The molecule has 1 atom stereocenters. The lowest BCUT2D eigenvalue weighted by molar-refractivity contribution is 0.0697. The molecule has 0 aliphatic carbocycles. The first-order valence-electron chi connectivity index (χ1n) is 11.1. The molecule has 2 N–H and O–H groups in total. The van der Waals surface area contributed by atoms with Crippen LogP contribution in [0.2, 0.25) is 0 Å². The van der Waals surface area contributed by atoms with Crippen molar-refractivity contribution in [3.05, 3.63) is 103 Å². The molecule has 9 nitrogen and oxygen atoms in total. The van der Waals surface area contributed by atoms with Gasteiger partial charge in [-0.05, 0) is 51.8 Å². The van der Waals surface area contributed by atoms with Crippen molar-refractivity contribution in [2.24, 2.45) is 14.1 Å². The molecule has 36 heavy (non-hydrogen) atoms. The van der Waals surface area contributed by atoms with E-state index in [9.17, 15) is 19.5 Å². The second-order valence-electron chi connectivity index (χ2n) is 8.62. The minimum Gasteiger partial charge on any atom is -0.478 e. The molecule has 1 aliphatic rings. The van der Waals surface area contributed by atoms with Crippen LogP contribution in [0.5, 0.6) is 0 Å². The summed E-state index contributed by atoms with van der Waals surface area (Å²) in [6.07, 6.45) is 0. The molecule has 6 rings (SSSR count). The highest BCUT2D eigenvalue weighted by molar-refractivity contribution is 9.10. The quantitative estimate of drug-likeness (QED) is 0.349. The molecule has 0 saturated heterocycles. The number of benzene rings is 2. The standard InChI is InChI=1S/C26H19BrN4O5/c1-29-22-19(24(32)30(2)26(29)35)21(13-6-4-3-5-7-13)31-16-12-14(25(33)34)8-9-15(16)28-20(23(22)31)17-10-11-18(27)36-17/h3-12,20,28H,1-2H3,(H,33,34). The summed E-state index contributed by atoms with van der Waals surface area (Å²) in [6.45, 7) is 0. The maximum atomic E-state index is 13.6. The van der Waals surface area contributed by atoms with E-state index in [0.717, 1.165) is 10.1 Å². The average Bonchev–Trinajstić information content (AvgIpc) is 3.48. The normalized spacial score (nSPS) is 14.4. The fraction of sp³-hybridized carbons (Fsp3) is 0.115. The van der Waals surface area contributed by atoms with Crippen LogP contribution in [0.4, 0.5) is 5.69 Å². The van der Waals surface area contributed by atoms with Gasteiger partial charge in [0.1, 0.15) is 11.8 Å². The fourth-order valence-corrected chi connectivity index (χ4v) is 5.29. The van der Waals surface area contributed by atoms with Crippen LogP contribution < -0.4 is 16.6 Å². The van der Waals surface area contributed by atoms with Crippen molar-refractivity contribution in [2.45, 2.75) is 6.04 Å². The van der Waals surface area contributed by atoms with Crippen molar-refractivity contribution in [2.75, 3.05) is 5.32 Å². The third kappa shape index (κ3) is 3.04. The smallest absolute Gasteiger partial charge is 0.335 e. The minimum atomic E-state index is -1.07. The molecular formula is C26H19BrN4O5. The number of carboxylic acid groups (broad SMARTS) is 1. The third-order valence-corrected chi connectivity index (χ3v) is 7.02. The van der Waals surface area contributed by atoms with Crippen LogP contribution in [0.25, 0.3) is 27.8 Å². The summed E-state index contributed by atoms with van der Waals surface area (Å²) >= 11 is 3.36. The van der Waals surface area contributed by atoms with E-state index in [4.69, 9.17) is 4.42 Å². The summed E-state index contributed by atoms with van der Waals surface area (Å²) in [7, 11) is 3.07. The van der Waals surface area contributed by atoms with Crippen LogP contribution in [0.15, 0.2) is 79.3 Å². The lowest BCUT2D eigenvalue weighted by atomic mass is 10.0. The second kappa shape index (κ2) is 7.85. The number of halogens is 1. The molecule has 0 radical (unpaired) electrons. The molecular weight excluding hydrogens is 528 g/mol. The number of aromatic nitrogens is 3. The Balaban J connectivity index is 1.87. The molecule has 0 fully saturated rings. The van der Waals surface area contributed by atoms with E-state index < -0.39 is 23.3 Å². The van der Waals surface area contributed by atoms with Gasteiger partial charge in [-0.15, -0.1) is 0 Å². The van der Waals surface area contributed by atoms with E-state index in [1.165, 1.54) is 17.7 Å². The first kappa shape index (κ1) is 22.2. The van der Waals surface area contributed by atoms with Gasteiger partial charge < -0.3 is 19.4 Å². The van der Waals surface area contributed by atoms with Gasteiger partial charge in [0.2, 0.25) is 0 Å². The van der Waals surface area contributed by atoms with E-state index >= 15 is 0 Å². The third-order valence-electron chi connectivity index (χ3n) is 6.59. The highest BCUT2D eigenvalue weighted by Gasteiger charge is 2.36. The lowest BCUT2D eigenvalue weighted by Gasteiger charge is -2.30. The van der Waals surface area contributed by atoms with Crippen molar-refractivity contribution >= 4 is 38.5 Å². The van der Waals surface area contributed by atoms with Gasteiger partial charge in [0.15, 0.2) is 4.67 Å². The van der Waals surface area contributed by atoms with Crippen LogP contribution in [0, 0.1) is 0 Å². The Morgan fingerprint density at radius 1 is 1.03 bits per heavy atom. The largest absolute Gasteiger partial charge is 0.478 e. The number of aryl methyl sites for hydroxylation is 1. The number of nitrogens with zero attached hydrogens (tertiary/aromatic N) is 3. The van der Waals surface area contributed by atoms with Gasteiger partial charge in [-0.2, -0.15) is 0 Å². The van der Waals surface area contributed by atoms with E-state index in [1.807, 2.05) is 41.0 Å². The predicted octanol–water partition coefficient (Wildman–Crippen LogP) is 4.26. The molecule has 180 valence electrons. The summed E-state index contributed by atoms with van der Waals surface area (Å²) in [5.41, 5.74) is 2.75. The van der Waals surface area contributed by atoms with E-state index in [2.05, 4.69) is 21.2 Å². The molecule has 0 amide bonds. The fourth-order valence-electron chi connectivity index (χ4n) is 4.97. The van der Waals surface area contributed by atoms with Gasteiger partial charge in [0.25, 0.3) is 5.56 Å². The minimum absolute atomic E-state index is 0.0965. The van der Waals surface area contributed by atoms with Gasteiger partial charge in [0.05, 0.1) is 39.2 Å². The van der Waals surface area contributed by atoms with Crippen molar-refractivity contribution < 1.29 is 14.3 Å². The Kier molecular flexibility index (Phi) is 4.84. The Morgan fingerprint density at radius 3 is 2.44 bits per heavy atom. The van der Waals surface area contributed by atoms with E-state index in [-0.39, 0.29) is 5.56 Å². The maximum Gasteiger partial charge on any atom is 0.335 e. The zero-order valence-corrected chi connectivity index (χ0v) is 20.7. The molecule has 4 heterocycles. The Labute approximate surface area is 212 Å². The SMILES string of the molecule is Cn1c(=O)c2c(-c3ccccc3)n3c(c2n(C)c1=O)C(c1ccc(Br)o1)Nc1ccc(C(=O)O)cc1-3. The number of aromatic carboxylic acids is 1. The van der Waals surface area contributed by atoms with Crippen LogP contribution in [0.3, 0.4) is 0 Å². The van der Waals surface area contributed by atoms with Crippen molar-refractivity contribution in [1.82, 2.24) is 13.7 Å². The number of nitrogens with one attached hydrogen (secondary N) is 1. The molecule has 3 aromatic heterocycles. The molecule has 0 saturated carbocycles. The molecule has 5 aromatic rings. The number of fused-ring (bicyclic) bond motifs is 5. The number of carbonyl (C=O) groups is 1. The van der Waals surface area contributed by atoms with Crippen molar-refractivity contribution in [3.63, 3.8) is 0 Å². The summed E-state index contributed by atoms with van der Waals surface area (Å²) in [6, 6.07) is 17.2. The first-order chi connectivity index (χ1) is 17.3. The van der Waals surface area contributed by atoms with Crippen LogP contribution >= 0.6 is 15.9 Å². The van der Waals surface area contributed by atoms with E-state index in [1.54, 1.807) is 25.2 Å². The number of hydrogen-bond acceptors (Lipinski definition) is 5. The average molecular weight is 547 g/mol. The second-order valence-corrected chi connectivity index (χ2v) is 9.40. The van der Waals surface area contributed by atoms with Gasteiger partial charge in [-0.3, -0.25) is 13.9 Å². The summed E-state index contributed by atoms with van der Waals surface area (Å²) in [5, 5.41) is 13.5. The Morgan fingerprint density at radius 2 is 1.78 bits per heavy atom. The molecule has 0 spiro atoms. The number of carboxylic acids is 1. The first-order valence-corrected chi connectivity index (χ1v) is 11.9. The van der Waals surface area contributed by atoms with Crippen LogP contribution in [-0.2, 0) is 14.1 Å². The molecule has 1 aliphatic heterocycles. The van der Waals surface area contributed by atoms with Gasteiger partial charge >= 0.3 is 11.7 Å². The predicted molar refractivity (Wildman–Crippen MR) is 138 cm³/mol. The highest BCUT2D eigenvalue weighted by atomic mass is 79.9. The molecule has 10 heteroatoms.